The lowest BCUT2D eigenvalue weighted by Gasteiger charge is -2.32. The van der Waals surface area contributed by atoms with Crippen molar-refractivity contribution in [1.29, 1.82) is 0 Å². The number of rotatable bonds is 4. The van der Waals surface area contributed by atoms with Gasteiger partial charge in [-0.15, -0.1) is 0 Å². The van der Waals surface area contributed by atoms with E-state index in [1.807, 2.05) is 0 Å². The molecular formula is C14H17NO5S. The first-order valence-electron chi connectivity index (χ1n) is 6.63. The monoisotopic (exact) mass is 311 g/mol. The molecule has 0 aliphatic carbocycles. The normalized spacial score (nSPS) is 18.1. The van der Waals surface area contributed by atoms with Crippen molar-refractivity contribution < 1.29 is 23.1 Å². The van der Waals surface area contributed by atoms with E-state index in [-0.39, 0.29) is 18.8 Å². The fourth-order valence-electron chi connectivity index (χ4n) is 2.39. The highest BCUT2D eigenvalue weighted by Gasteiger charge is 2.33. The Balaban J connectivity index is 2.26. The Hall–Kier alpha value is -1.89. The smallest absolute Gasteiger partial charge is 0.312 e. The number of hydrogen-bond acceptors (Lipinski definition) is 4. The summed E-state index contributed by atoms with van der Waals surface area (Å²) >= 11 is 0. The van der Waals surface area contributed by atoms with Gasteiger partial charge < -0.3 is 10.0 Å². The molecule has 0 bridgehead atoms. The molecule has 1 aromatic carbocycles. The van der Waals surface area contributed by atoms with Crippen LogP contribution < -0.4 is 0 Å². The first kappa shape index (κ1) is 15.5. The third kappa shape index (κ3) is 3.41. The molecule has 1 aliphatic heterocycles. The molecule has 1 N–H and O–H groups in total. The summed E-state index contributed by atoms with van der Waals surface area (Å²) in [5.41, 5.74) is 1.44. The summed E-state index contributed by atoms with van der Waals surface area (Å²) in [5, 5.41) is 9.31. The number of aliphatic carboxylic acids is 1. The lowest BCUT2D eigenvalue weighted by Crippen LogP contribution is -2.43. The number of hydrogen-bond donors (Lipinski definition) is 1. The molecule has 0 aromatic heterocycles. The maximum atomic E-state index is 12.1. The van der Waals surface area contributed by atoms with Gasteiger partial charge in [0.15, 0.2) is 9.84 Å². The van der Waals surface area contributed by atoms with Crippen molar-refractivity contribution in [1.82, 2.24) is 4.90 Å². The van der Waals surface area contributed by atoms with Crippen molar-refractivity contribution in [3.05, 3.63) is 35.4 Å². The second kappa shape index (κ2) is 5.85. The first-order chi connectivity index (χ1) is 9.84. The number of carbonyl (C=O) groups excluding carboxylic acids is 1. The van der Waals surface area contributed by atoms with E-state index in [0.717, 1.165) is 5.56 Å². The molecule has 0 radical (unpaired) electrons. The molecule has 0 fully saturated rings. The van der Waals surface area contributed by atoms with E-state index in [9.17, 15) is 23.1 Å². The predicted octanol–water partition coefficient (Wildman–Crippen LogP) is 0.632. The standard InChI is InChI=1S/C14H17NO5S/c1-2-21(19,20)9-13(16)15-7-10-5-3-4-6-11(10)12(8-15)14(17)18/h3-6,12H,2,7-9H2,1H3,(H,17,18). The molecule has 0 saturated heterocycles. The lowest BCUT2D eigenvalue weighted by molar-refractivity contribution is -0.140. The molecule has 1 aromatic rings. The molecule has 1 heterocycles. The number of nitrogens with zero attached hydrogens (tertiary/aromatic N) is 1. The Morgan fingerprint density at radius 2 is 2.00 bits per heavy atom. The zero-order valence-electron chi connectivity index (χ0n) is 11.7. The van der Waals surface area contributed by atoms with Gasteiger partial charge in [-0.1, -0.05) is 31.2 Å². The quantitative estimate of drug-likeness (QED) is 0.880. The van der Waals surface area contributed by atoms with Gasteiger partial charge in [0.05, 0.1) is 5.92 Å². The molecule has 2 rings (SSSR count). The van der Waals surface area contributed by atoms with E-state index >= 15 is 0 Å². The summed E-state index contributed by atoms with van der Waals surface area (Å²) in [5.74, 6) is -3.05. The topological polar surface area (TPSA) is 91.8 Å². The summed E-state index contributed by atoms with van der Waals surface area (Å²) < 4.78 is 23.1. The van der Waals surface area contributed by atoms with Crippen LogP contribution in [0.15, 0.2) is 24.3 Å². The number of carbonyl (C=O) groups is 2. The van der Waals surface area contributed by atoms with Crippen LogP contribution in [-0.4, -0.2) is 48.4 Å². The number of fused-ring (bicyclic) bond motifs is 1. The Bertz CT molecular complexity index is 668. The molecule has 1 atom stereocenters. The van der Waals surface area contributed by atoms with Crippen LogP contribution >= 0.6 is 0 Å². The van der Waals surface area contributed by atoms with Crippen LogP contribution in [0.4, 0.5) is 0 Å². The Labute approximate surface area is 123 Å². The summed E-state index contributed by atoms with van der Waals surface area (Å²) in [6.07, 6.45) is 0. The van der Waals surface area contributed by atoms with E-state index < -0.39 is 33.4 Å². The zero-order valence-corrected chi connectivity index (χ0v) is 12.5. The van der Waals surface area contributed by atoms with Crippen LogP contribution in [0.1, 0.15) is 24.0 Å². The van der Waals surface area contributed by atoms with Gasteiger partial charge in [0.2, 0.25) is 5.91 Å². The molecule has 1 aliphatic rings. The van der Waals surface area contributed by atoms with Gasteiger partial charge in [-0.2, -0.15) is 0 Å². The third-order valence-electron chi connectivity index (χ3n) is 3.63. The minimum Gasteiger partial charge on any atom is -0.481 e. The molecule has 0 saturated carbocycles. The molecule has 6 nitrogen and oxygen atoms in total. The second-order valence-corrected chi connectivity index (χ2v) is 7.39. The van der Waals surface area contributed by atoms with E-state index in [2.05, 4.69) is 0 Å². The maximum Gasteiger partial charge on any atom is 0.312 e. The average molecular weight is 311 g/mol. The number of amides is 1. The SMILES string of the molecule is CCS(=O)(=O)CC(=O)N1Cc2ccccc2C(C(=O)O)C1. The first-order valence-corrected chi connectivity index (χ1v) is 8.45. The highest BCUT2D eigenvalue weighted by atomic mass is 32.2. The predicted molar refractivity (Wildman–Crippen MR) is 76.6 cm³/mol. The van der Waals surface area contributed by atoms with Gasteiger partial charge in [-0.3, -0.25) is 9.59 Å². The van der Waals surface area contributed by atoms with E-state index in [1.165, 1.54) is 11.8 Å². The van der Waals surface area contributed by atoms with Crippen LogP contribution in [0, 0.1) is 0 Å². The molecule has 1 unspecified atom stereocenters. The molecule has 21 heavy (non-hydrogen) atoms. The largest absolute Gasteiger partial charge is 0.481 e. The third-order valence-corrected chi connectivity index (χ3v) is 5.20. The fraction of sp³-hybridized carbons (Fsp3) is 0.429. The molecule has 1 amide bonds. The van der Waals surface area contributed by atoms with Crippen molar-refractivity contribution in [2.24, 2.45) is 0 Å². The summed E-state index contributed by atoms with van der Waals surface area (Å²) in [6, 6.07) is 7.03. The Morgan fingerprint density at radius 1 is 1.33 bits per heavy atom. The van der Waals surface area contributed by atoms with E-state index in [1.54, 1.807) is 24.3 Å². The highest BCUT2D eigenvalue weighted by Crippen LogP contribution is 2.28. The number of carboxylic acid groups (broad SMARTS) is 1. The van der Waals surface area contributed by atoms with Crippen molar-refractivity contribution in [3.63, 3.8) is 0 Å². The van der Waals surface area contributed by atoms with Crippen molar-refractivity contribution >= 4 is 21.7 Å². The van der Waals surface area contributed by atoms with Gasteiger partial charge in [-0.25, -0.2) is 8.42 Å². The minimum atomic E-state index is -3.42. The van der Waals surface area contributed by atoms with Crippen molar-refractivity contribution in [3.8, 4) is 0 Å². The number of sulfone groups is 1. The summed E-state index contributed by atoms with van der Waals surface area (Å²) in [4.78, 5) is 24.8. The Kier molecular flexibility index (Phi) is 4.32. The van der Waals surface area contributed by atoms with Crippen LogP contribution in [-0.2, 0) is 26.0 Å². The van der Waals surface area contributed by atoms with Gasteiger partial charge in [0.1, 0.15) is 5.75 Å². The Morgan fingerprint density at radius 3 is 2.62 bits per heavy atom. The van der Waals surface area contributed by atoms with Crippen LogP contribution in [0.5, 0.6) is 0 Å². The van der Waals surface area contributed by atoms with Gasteiger partial charge in [-0.05, 0) is 11.1 Å². The average Bonchev–Trinajstić information content (AvgIpc) is 2.45. The van der Waals surface area contributed by atoms with Gasteiger partial charge in [0, 0.05) is 18.8 Å². The maximum absolute atomic E-state index is 12.1. The fourth-order valence-corrected chi connectivity index (χ4v) is 3.15. The van der Waals surface area contributed by atoms with Gasteiger partial charge >= 0.3 is 5.97 Å². The van der Waals surface area contributed by atoms with Gasteiger partial charge in [0.25, 0.3) is 0 Å². The summed E-state index contributed by atoms with van der Waals surface area (Å²) in [6.45, 7) is 1.73. The van der Waals surface area contributed by atoms with E-state index in [0.29, 0.717) is 5.56 Å². The molecular weight excluding hydrogens is 294 g/mol. The van der Waals surface area contributed by atoms with E-state index in [4.69, 9.17) is 0 Å². The molecule has 7 heteroatoms. The summed E-state index contributed by atoms with van der Waals surface area (Å²) in [7, 11) is -3.42. The van der Waals surface area contributed by atoms with Crippen molar-refractivity contribution in [2.75, 3.05) is 18.1 Å². The highest BCUT2D eigenvalue weighted by molar-refractivity contribution is 7.92. The molecule has 0 spiro atoms. The number of carboxylic acids is 1. The lowest BCUT2D eigenvalue weighted by atomic mass is 9.90. The van der Waals surface area contributed by atoms with Crippen molar-refractivity contribution in [2.45, 2.75) is 19.4 Å². The number of benzene rings is 1. The second-order valence-electron chi connectivity index (χ2n) is 5.04. The minimum absolute atomic E-state index is 0.00438. The van der Waals surface area contributed by atoms with Crippen LogP contribution in [0.25, 0.3) is 0 Å². The van der Waals surface area contributed by atoms with Crippen LogP contribution in [0.3, 0.4) is 0 Å². The van der Waals surface area contributed by atoms with Crippen LogP contribution in [0.2, 0.25) is 0 Å². The molecule has 114 valence electrons. The zero-order chi connectivity index (χ0) is 15.6.